The van der Waals surface area contributed by atoms with E-state index in [-0.39, 0.29) is 23.7 Å². The van der Waals surface area contributed by atoms with Gasteiger partial charge >= 0.3 is 0 Å². The second kappa shape index (κ2) is 8.88. The molecule has 0 saturated carbocycles. The van der Waals surface area contributed by atoms with Gasteiger partial charge in [0.15, 0.2) is 11.0 Å². The summed E-state index contributed by atoms with van der Waals surface area (Å²) in [5.74, 6) is -0.959. The minimum Gasteiger partial charge on any atom is -0.450 e. The Morgan fingerprint density at radius 2 is 1.63 bits per heavy atom. The van der Waals surface area contributed by atoms with Crippen LogP contribution in [0.25, 0.3) is 11.0 Å². The number of carbonyl (C=O) groups excluding carboxylic acids is 2. The Hall–Kier alpha value is -4.75. The van der Waals surface area contributed by atoms with Crippen LogP contribution in [0.15, 0.2) is 88.2 Å². The van der Waals surface area contributed by atoms with Crippen LogP contribution in [0.2, 0.25) is 5.02 Å². The van der Waals surface area contributed by atoms with Gasteiger partial charge in [-0.1, -0.05) is 48.0 Å². The van der Waals surface area contributed by atoms with Gasteiger partial charge in [0.25, 0.3) is 11.8 Å². The highest BCUT2D eigenvalue weighted by molar-refractivity contribution is 6.31. The van der Waals surface area contributed by atoms with Gasteiger partial charge in [0.05, 0.1) is 23.2 Å². The third kappa shape index (κ3) is 3.39. The second-order valence-electron chi connectivity index (χ2n) is 10.6. The van der Waals surface area contributed by atoms with Gasteiger partial charge in [0.1, 0.15) is 11.4 Å². The number of pyridine rings is 1. The number of fused-ring (bicyclic) bond motifs is 5. The van der Waals surface area contributed by atoms with Crippen LogP contribution in [0.3, 0.4) is 0 Å². The van der Waals surface area contributed by atoms with Crippen LogP contribution in [0.4, 0.5) is 11.5 Å². The molecule has 0 bridgehead atoms. The van der Waals surface area contributed by atoms with Crippen LogP contribution < -0.4 is 15.2 Å². The monoisotopic (exact) mass is 561 g/mol. The lowest BCUT2D eigenvalue weighted by molar-refractivity contribution is -0.121. The van der Waals surface area contributed by atoms with Gasteiger partial charge in [0.2, 0.25) is 5.76 Å². The van der Waals surface area contributed by atoms with Crippen LogP contribution in [0, 0.1) is 20.8 Å². The summed E-state index contributed by atoms with van der Waals surface area (Å²) in [5, 5.41) is 0.822. The number of amides is 2. The number of rotatable bonds is 3. The minimum absolute atomic E-state index is 0.000618. The fraction of sp³-hybridized carbons (Fsp3) is 0.152. The van der Waals surface area contributed by atoms with E-state index in [0.717, 1.165) is 22.3 Å². The van der Waals surface area contributed by atoms with Crippen molar-refractivity contribution in [2.24, 2.45) is 0 Å². The van der Waals surface area contributed by atoms with Crippen molar-refractivity contribution in [1.29, 1.82) is 0 Å². The van der Waals surface area contributed by atoms with Crippen LogP contribution in [0.1, 0.15) is 43.9 Å². The topological polar surface area (TPSA) is 83.7 Å². The molecule has 1 unspecified atom stereocenters. The second-order valence-corrected chi connectivity index (χ2v) is 11.0. The van der Waals surface area contributed by atoms with Gasteiger partial charge in [0, 0.05) is 16.8 Å². The highest BCUT2D eigenvalue weighted by atomic mass is 35.5. The Morgan fingerprint density at radius 3 is 2.41 bits per heavy atom. The first kappa shape index (κ1) is 25.2. The van der Waals surface area contributed by atoms with Gasteiger partial charge in [-0.15, -0.1) is 0 Å². The average molecular weight is 562 g/mol. The van der Waals surface area contributed by atoms with Crippen molar-refractivity contribution in [2.75, 3.05) is 9.80 Å². The average Bonchev–Trinajstić information content (AvgIpc) is 3.35. The van der Waals surface area contributed by atoms with Gasteiger partial charge in [-0.25, -0.2) is 4.98 Å². The third-order valence-corrected chi connectivity index (χ3v) is 8.53. The Balaban J connectivity index is 1.58. The maximum Gasteiger partial charge on any atom is 0.297 e. The first-order valence-corrected chi connectivity index (χ1v) is 13.6. The fourth-order valence-corrected chi connectivity index (χ4v) is 6.26. The molecule has 41 heavy (non-hydrogen) atoms. The number of halogens is 1. The molecule has 2 aliphatic heterocycles. The lowest BCUT2D eigenvalue weighted by atomic mass is 9.83. The van der Waals surface area contributed by atoms with Gasteiger partial charge < -0.3 is 9.32 Å². The molecule has 0 saturated heterocycles. The predicted molar refractivity (Wildman–Crippen MR) is 158 cm³/mol. The Labute approximate surface area is 240 Å². The third-order valence-electron chi connectivity index (χ3n) is 8.16. The fourth-order valence-electron chi connectivity index (χ4n) is 6.06. The van der Waals surface area contributed by atoms with Crippen LogP contribution in [0.5, 0.6) is 0 Å². The van der Waals surface area contributed by atoms with Gasteiger partial charge in [-0.3, -0.25) is 19.3 Å². The molecular weight excluding hydrogens is 538 g/mol. The molecule has 0 fully saturated rings. The molecule has 2 aliphatic rings. The molecular formula is C33H24ClN3O4. The number of hydrogen-bond acceptors (Lipinski definition) is 5. The summed E-state index contributed by atoms with van der Waals surface area (Å²) >= 11 is 6.52. The quantitative estimate of drug-likeness (QED) is 0.261. The first-order valence-electron chi connectivity index (χ1n) is 13.2. The van der Waals surface area contributed by atoms with E-state index in [0.29, 0.717) is 27.2 Å². The van der Waals surface area contributed by atoms with Crippen molar-refractivity contribution < 1.29 is 14.0 Å². The number of hydrogen-bond donors (Lipinski definition) is 0. The van der Waals surface area contributed by atoms with Gasteiger partial charge in [-0.05, 0) is 79.4 Å². The van der Waals surface area contributed by atoms with Gasteiger partial charge in [-0.2, -0.15) is 0 Å². The van der Waals surface area contributed by atoms with Crippen molar-refractivity contribution in [3.8, 4) is 0 Å². The number of aryl methyl sites for hydroxylation is 3. The molecule has 0 N–H and O–H groups in total. The molecule has 8 heteroatoms. The van der Waals surface area contributed by atoms with Crippen molar-refractivity contribution in [1.82, 2.24) is 4.98 Å². The summed E-state index contributed by atoms with van der Waals surface area (Å²) in [6, 6.07) is 21.6. The maximum atomic E-state index is 15.0. The Morgan fingerprint density at radius 1 is 0.902 bits per heavy atom. The molecule has 5 aromatic rings. The zero-order chi connectivity index (χ0) is 28.6. The SMILES string of the molecule is Cc1ccnc(N2C(=O)c3oc4cc(C)c(C)cc4c(=O)c3C23C(=O)N(Cc2ccccc2Cl)c2ccccc23)c1. The zero-order valence-corrected chi connectivity index (χ0v) is 23.3. The summed E-state index contributed by atoms with van der Waals surface area (Å²) in [6.45, 7) is 5.85. The van der Waals surface area contributed by atoms with E-state index in [1.54, 1.807) is 53.6 Å². The Kier molecular flexibility index (Phi) is 5.46. The standard InChI is InChI=1S/C33H24ClN3O4/c1-18-12-13-35-27(14-18)37-31(39)30-28(29(38)22-15-19(2)20(3)16-26(22)41-30)33(37)23-9-5-7-11-25(23)36(32(33)40)17-21-8-4-6-10-24(21)34/h4-16H,17H2,1-3H3. The smallest absolute Gasteiger partial charge is 0.297 e. The number of anilines is 2. The molecule has 3 aromatic carbocycles. The summed E-state index contributed by atoms with van der Waals surface area (Å²) in [4.78, 5) is 51.2. The summed E-state index contributed by atoms with van der Waals surface area (Å²) in [5.41, 5.74) is 2.54. The summed E-state index contributed by atoms with van der Waals surface area (Å²) in [6.07, 6.45) is 1.58. The van der Waals surface area contributed by atoms with E-state index in [1.807, 2.05) is 51.1 Å². The lowest BCUT2D eigenvalue weighted by Gasteiger charge is -2.33. The zero-order valence-electron chi connectivity index (χ0n) is 22.6. The van der Waals surface area contributed by atoms with Crippen LogP contribution in [-0.2, 0) is 16.9 Å². The lowest BCUT2D eigenvalue weighted by Crippen LogP contribution is -2.54. The molecule has 1 spiro atoms. The van der Waals surface area contributed by atoms with E-state index in [1.165, 1.54) is 4.90 Å². The highest BCUT2D eigenvalue weighted by Crippen LogP contribution is 2.54. The number of nitrogens with zero attached hydrogens (tertiary/aromatic N) is 3. The molecule has 1 atom stereocenters. The molecule has 7 rings (SSSR count). The predicted octanol–water partition coefficient (Wildman–Crippen LogP) is 6.22. The number of aromatic nitrogens is 1. The van der Waals surface area contributed by atoms with E-state index in [4.69, 9.17) is 16.0 Å². The van der Waals surface area contributed by atoms with E-state index >= 15 is 0 Å². The molecule has 0 radical (unpaired) electrons. The molecule has 4 heterocycles. The van der Waals surface area contributed by atoms with Crippen molar-refractivity contribution in [2.45, 2.75) is 32.9 Å². The number of benzene rings is 3. The molecule has 2 aromatic heterocycles. The van der Waals surface area contributed by atoms with Crippen LogP contribution >= 0.6 is 11.6 Å². The minimum atomic E-state index is -1.82. The molecule has 0 aliphatic carbocycles. The first-order chi connectivity index (χ1) is 19.7. The Bertz CT molecular complexity index is 2020. The molecule has 2 amide bonds. The maximum absolute atomic E-state index is 15.0. The normalized spacial score (nSPS) is 17.6. The van der Waals surface area contributed by atoms with Crippen LogP contribution in [-0.4, -0.2) is 16.8 Å². The van der Waals surface area contributed by atoms with E-state index in [9.17, 15) is 14.4 Å². The summed E-state index contributed by atoms with van der Waals surface area (Å²) < 4.78 is 6.23. The largest absolute Gasteiger partial charge is 0.450 e. The number of carbonyl (C=O) groups is 2. The van der Waals surface area contributed by atoms with Crippen molar-refractivity contribution in [3.05, 3.63) is 133 Å². The number of para-hydroxylation sites is 1. The van der Waals surface area contributed by atoms with Crippen molar-refractivity contribution >= 4 is 45.9 Å². The molecule has 7 nitrogen and oxygen atoms in total. The van der Waals surface area contributed by atoms with E-state index < -0.39 is 22.8 Å². The van der Waals surface area contributed by atoms with E-state index in [2.05, 4.69) is 4.98 Å². The summed E-state index contributed by atoms with van der Waals surface area (Å²) in [7, 11) is 0. The van der Waals surface area contributed by atoms with Crippen molar-refractivity contribution in [3.63, 3.8) is 0 Å². The highest BCUT2D eigenvalue weighted by Gasteiger charge is 2.66. The molecule has 202 valence electrons.